The Morgan fingerprint density at radius 2 is 2.33 bits per heavy atom. The van der Waals surface area contributed by atoms with Crippen molar-refractivity contribution in [3.8, 4) is 5.75 Å². The molecule has 1 aromatic rings. The van der Waals surface area contributed by atoms with Crippen molar-refractivity contribution in [1.29, 1.82) is 0 Å². The average Bonchev–Trinajstić information content (AvgIpc) is 2.66. The van der Waals surface area contributed by atoms with Crippen LogP contribution in [0.3, 0.4) is 0 Å². The predicted molar refractivity (Wildman–Crippen MR) is 57.9 cm³/mol. The summed E-state index contributed by atoms with van der Waals surface area (Å²) in [4.78, 5) is 4.56. The molecule has 1 N–H and O–H groups in total. The van der Waals surface area contributed by atoms with E-state index in [1.807, 2.05) is 18.3 Å². The summed E-state index contributed by atoms with van der Waals surface area (Å²) in [6.45, 7) is 0.991. The Hall–Kier alpha value is -1.77. The quantitative estimate of drug-likeness (QED) is 0.708. The normalized spacial score (nSPS) is 17.1. The summed E-state index contributed by atoms with van der Waals surface area (Å²) in [6, 6.07) is 6.04. The zero-order valence-electron chi connectivity index (χ0n) is 8.58. The van der Waals surface area contributed by atoms with Crippen LogP contribution in [0, 0.1) is 0 Å². The molecule has 2 heterocycles. The van der Waals surface area contributed by atoms with Crippen molar-refractivity contribution in [2.45, 2.75) is 6.42 Å². The number of rotatable bonds is 1. The van der Waals surface area contributed by atoms with E-state index in [4.69, 9.17) is 4.74 Å². The highest BCUT2D eigenvalue weighted by atomic mass is 16.5. The number of hydrogen-bond acceptors (Lipinski definition) is 3. The smallest absolute Gasteiger partial charge is 0.119 e. The zero-order chi connectivity index (χ0) is 10.3. The third-order valence-corrected chi connectivity index (χ3v) is 2.84. The van der Waals surface area contributed by atoms with Crippen LogP contribution in [-0.2, 0) is 0 Å². The van der Waals surface area contributed by atoms with Crippen molar-refractivity contribution in [3.05, 3.63) is 40.7 Å². The Morgan fingerprint density at radius 3 is 3.20 bits per heavy atom. The summed E-state index contributed by atoms with van der Waals surface area (Å²) in [5.74, 6) is 0.899. The number of benzene rings is 1. The van der Waals surface area contributed by atoms with Crippen LogP contribution in [0.25, 0.3) is 5.57 Å². The summed E-state index contributed by atoms with van der Waals surface area (Å²) in [5.41, 5.74) is 2.41. The van der Waals surface area contributed by atoms with E-state index < -0.39 is 0 Å². The third kappa shape index (κ3) is 1.23. The van der Waals surface area contributed by atoms with Gasteiger partial charge >= 0.3 is 0 Å². The van der Waals surface area contributed by atoms with Gasteiger partial charge in [-0.15, -0.1) is 0 Å². The molecule has 0 saturated carbocycles. The van der Waals surface area contributed by atoms with Gasteiger partial charge in [0, 0.05) is 18.0 Å². The van der Waals surface area contributed by atoms with Gasteiger partial charge in [-0.1, -0.05) is 0 Å². The molecule has 0 fully saturated rings. The molecule has 0 unspecified atom stereocenters. The van der Waals surface area contributed by atoms with E-state index in [-0.39, 0.29) is 0 Å². The van der Waals surface area contributed by atoms with Gasteiger partial charge in [0.2, 0.25) is 0 Å². The van der Waals surface area contributed by atoms with Crippen molar-refractivity contribution >= 4 is 5.57 Å². The Kier molecular flexibility index (Phi) is 1.78. The maximum Gasteiger partial charge on any atom is 0.119 e. The molecule has 2 aliphatic rings. The van der Waals surface area contributed by atoms with E-state index in [9.17, 15) is 0 Å². The second kappa shape index (κ2) is 3.12. The summed E-state index contributed by atoms with van der Waals surface area (Å²) in [5, 5.41) is 5.49. The third-order valence-electron chi connectivity index (χ3n) is 2.84. The molecule has 3 nitrogen and oxygen atoms in total. The first-order valence-corrected chi connectivity index (χ1v) is 5.08. The zero-order valence-corrected chi connectivity index (χ0v) is 8.58. The van der Waals surface area contributed by atoms with Crippen molar-refractivity contribution in [2.24, 2.45) is 4.99 Å². The van der Waals surface area contributed by atoms with Crippen molar-refractivity contribution < 1.29 is 4.74 Å². The van der Waals surface area contributed by atoms with E-state index in [2.05, 4.69) is 16.4 Å². The fraction of sp³-hybridized carbons (Fsp3) is 0.250. The van der Waals surface area contributed by atoms with E-state index >= 15 is 0 Å². The topological polar surface area (TPSA) is 33.6 Å². The minimum Gasteiger partial charge on any atom is -0.497 e. The lowest BCUT2D eigenvalue weighted by Crippen LogP contribution is -2.24. The molecule has 0 bridgehead atoms. The molecule has 0 saturated heterocycles. The van der Waals surface area contributed by atoms with Gasteiger partial charge in [-0.3, -0.25) is 0 Å². The molecule has 1 aromatic carbocycles. The first-order chi connectivity index (χ1) is 7.38. The van der Waals surface area contributed by atoms with Crippen LogP contribution >= 0.6 is 0 Å². The Balaban J connectivity index is 2.32. The van der Waals surface area contributed by atoms with Gasteiger partial charge in [0.25, 0.3) is 0 Å². The van der Waals surface area contributed by atoms with Crippen LogP contribution in [0.5, 0.6) is 5.75 Å². The number of methoxy groups -OCH3 is 1. The van der Waals surface area contributed by atoms with E-state index in [0.29, 0.717) is 0 Å². The van der Waals surface area contributed by atoms with Gasteiger partial charge < -0.3 is 10.1 Å². The van der Waals surface area contributed by atoms with E-state index in [1.165, 1.54) is 10.8 Å². The largest absolute Gasteiger partial charge is 0.497 e. The molecule has 0 amide bonds. The second-order valence-electron chi connectivity index (χ2n) is 3.71. The minimum atomic E-state index is 0.899. The molecule has 15 heavy (non-hydrogen) atoms. The summed E-state index contributed by atoms with van der Waals surface area (Å²) in [7, 11) is 1.69. The van der Waals surface area contributed by atoms with Crippen molar-refractivity contribution in [3.63, 3.8) is 0 Å². The summed E-state index contributed by atoms with van der Waals surface area (Å²) >= 11 is 0. The first kappa shape index (κ1) is 8.53. The monoisotopic (exact) mass is 200 g/mol. The summed E-state index contributed by atoms with van der Waals surface area (Å²) < 4.78 is 5.23. The minimum absolute atomic E-state index is 0.899. The van der Waals surface area contributed by atoms with Crippen LogP contribution in [0.15, 0.2) is 35.1 Å². The SMILES string of the molecule is COc1ccc2c(c1)=C1CCNC=C1N=2. The molecular formula is C12H12N2O. The van der Waals surface area contributed by atoms with Gasteiger partial charge in [0.1, 0.15) is 5.75 Å². The highest BCUT2D eigenvalue weighted by Crippen LogP contribution is 2.20. The number of ether oxygens (including phenoxy) is 1. The molecule has 0 aliphatic carbocycles. The summed E-state index contributed by atoms with van der Waals surface area (Å²) in [6.07, 6.45) is 3.03. The van der Waals surface area contributed by atoms with Crippen LogP contribution in [0.4, 0.5) is 0 Å². The van der Waals surface area contributed by atoms with Crippen molar-refractivity contribution in [1.82, 2.24) is 5.32 Å². The van der Waals surface area contributed by atoms with Gasteiger partial charge in [-0.2, -0.15) is 0 Å². The standard InChI is InChI=1S/C12H12N2O/c1-15-8-2-3-11-10(6-8)9-4-5-13-7-12(9)14-11/h2-3,6-7,13H,4-5H2,1H3. The molecule has 0 radical (unpaired) electrons. The maximum absolute atomic E-state index is 5.23. The molecule has 3 heteroatoms. The molecule has 3 rings (SSSR count). The predicted octanol–water partition coefficient (Wildman–Crippen LogP) is 0.314. The molecule has 0 spiro atoms. The Bertz CT molecular complexity index is 557. The van der Waals surface area contributed by atoms with E-state index in [0.717, 1.165) is 29.8 Å². The van der Waals surface area contributed by atoms with Gasteiger partial charge in [0.05, 0.1) is 18.2 Å². The Labute approximate surface area is 87.8 Å². The molecule has 2 aliphatic heterocycles. The molecule has 76 valence electrons. The second-order valence-corrected chi connectivity index (χ2v) is 3.71. The molecule has 0 aromatic heterocycles. The maximum atomic E-state index is 5.23. The number of fused-ring (bicyclic) bond motifs is 2. The number of allylic oxidation sites excluding steroid dienone is 1. The van der Waals surface area contributed by atoms with E-state index in [1.54, 1.807) is 7.11 Å². The van der Waals surface area contributed by atoms with Crippen LogP contribution in [-0.4, -0.2) is 13.7 Å². The van der Waals surface area contributed by atoms with Crippen molar-refractivity contribution in [2.75, 3.05) is 13.7 Å². The fourth-order valence-electron chi connectivity index (χ4n) is 2.06. The first-order valence-electron chi connectivity index (χ1n) is 5.08. The fourth-order valence-corrected chi connectivity index (χ4v) is 2.06. The van der Waals surface area contributed by atoms with Gasteiger partial charge in [-0.25, -0.2) is 4.99 Å². The molecular weight excluding hydrogens is 188 g/mol. The molecule has 0 atom stereocenters. The lowest BCUT2D eigenvalue weighted by atomic mass is 10.1. The Morgan fingerprint density at radius 1 is 1.40 bits per heavy atom. The van der Waals surface area contributed by atoms with Gasteiger partial charge in [-0.05, 0) is 30.2 Å². The highest BCUT2D eigenvalue weighted by molar-refractivity contribution is 5.67. The number of nitrogens with zero attached hydrogens (tertiary/aromatic N) is 1. The number of hydrogen-bond donors (Lipinski definition) is 1. The van der Waals surface area contributed by atoms with Crippen LogP contribution in [0.1, 0.15) is 6.42 Å². The lowest BCUT2D eigenvalue weighted by molar-refractivity contribution is 0.414. The highest BCUT2D eigenvalue weighted by Gasteiger charge is 2.15. The lowest BCUT2D eigenvalue weighted by Gasteiger charge is -2.11. The average molecular weight is 200 g/mol. The van der Waals surface area contributed by atoms with Crippen LogP contribution in [0.2, 0.25) is 0 Å². The van der Waals surface area contributed by atoms with Crippen LogP contribution < -0.4 is 20.6 Å². The van der Waals surface area contributed by atoms with Gasteiger partial charge in [0.15, 0.2) is 0 Å². The number of nitrogens with one attached hydrogen (secondary N) is 1.